The monoisotopic (exact) mass is 361 g/mol. The van der Waals surface area contributed by atoms with Gasteiger partial charge in [0.25, 0.3) is 0 Å². The van der Waals surface area contributed by atoms with Crippen LogP contribution in [0.3, 0.4) is 0 Å². The molecular formula is C15H21BrClNS. The molecule has 0 spiro atoms. The highest BCUT2D eigenvalue weighted by molar-refractivity contribution is 9.10. The van der Waals surface area contributed by atoms with E-state index >= 15 is 0 Å². The van der Waals surface area contributed by atoms with Gasteiger partial charge < -0.3 is 5.32 Å². The van der Waals surface area contributed by atoms with E-state index in [0.29, 0.717) is 4.75 Å². The Bertz CT molecular complexity index is 419. The lowest BCUT2D eigenvalue weighted by atomic mass is 9.88. The second-order valence-electron chi connectivity index (χ2n) is 5.30. The Balaban J connectivity index is 1.86. The van der Waals surface area contributed by atoms with Gasteiger partial charge in [0.2, 0.25) is 0 Å². The fraction of sp³-hybridized carbons (Fsp3) is 0.600. The van der Waals surface area contributed by atoms with Gasteiger partial charge in [-0.25, -0.2) is 0 Å². The highest BCUT2D eigenvalue weighted by atomic mass is 79.9. The van der Waals surface area contributed by atoms with Crippen LogP contribution in [0.25, 0.3) is 0 Å². The van der Waals surface area contributed by atoms with E-state index in [9.17, 15) is 0 Å². The van der Waals surface area contributed by atoms with Crippen LogP contribution in [0.4, 0.5) is 0 Å². The number of benzene rings is 1. The molecule has 1 saturated carbocycles. The van der Waals surface area contributed by atoms with Crippen molar-refractivity contribution < 1.29 is 0 Å². The quantitative estimate of drug-likeness (QED) is 0.767. The molecule has 1 aromatic carbocycles. The van der Waals surface area contributed by atoms with Crippen molar-refractivity contribution in [2.24, 2.45) is 0 Å². The average Bonchev–Trinajstić information content (AvgIpc) is 2.44. The van der Waals surface area contributed by atoms with Gasteiger partial charge in [0.15, 0.2) is 0 Å². The van der Waals surface area contributed by atoms with Crippen molar-refractivity contribution in [2.45, 2.75) is 43.4 Å². The van der Waals surface area contributed by atoms with Crippen molar-refractivity contribution in [1.29, 1.82) is 0 Å². The van der Waals surface area contributed by atoms with Gasteiger partial charge in [-0.15, -0.1) is 0 Å². The Kier molecular flexibility index (Phi) is 6.07. The molecule has 2 rings (SSSR count). The second-order valence-corrected chi connectivity index (χ2v) is 7.84. The van der Waals surface area contributed by atoms with Gasteiger partial charge >= 0.3 is 0 Å². The summed E-state index contributed by atoms with van der Waals surface area (Å²) in [5.74, 6) is 0. The van der Waals surface area contributed by atoms with Crippen molar-refractivity contribution in [3.8, 4) is 0 Å². The fourth-order valence-electron chi connectivity index (χ4n) is 2.73. The summed E-state index contributed by atoms with van der Waals surface area (Å²) in [6.07, 6.45) is 9.14. The average molecular weight is 363 g/mol. The number of nitrogens with one attached hydrogen (secondary N) is 1. The van der Waals surface area contributed by atoms with Crippen LogP contribution in [-0.4, -0.2) is 17.5 Å². The molecule has 0 amide bonds. The van der Waals surface area contributed by atoms with E-state index in [2.05, 4.69) is 39.6 Å². The molecule has 0 saturated heterocycles. The predicted molar refractivity (Wildman–Crippen MR) is 90.2 cm³/mol. The summed E-state index contributed by atoms with van der Waals surface area (Å²) in [6, 6.07) is 6.14. The zero-order valence-corrected chi connectivity index (χ0v) is 14.5. The Morgan fingerprint density at radius 1 is 1.32 bits per heavy atom. The third kappa shape index (κ3) is 4.38. The molecule has 1 aromatic rings. The standard InChI is InChI=1S/C15H21BrClNS/c1-19-15(7-3-2-4-8-15)11-18-10-12-5-6-14(17)13(16)9-12/h5-6,9,18H,2-4,7-8,10-11H2,1H3. The van der Waals surface area contributed by atoms with Gasteiger partial charge in [0.05, 0.1) is 5.02 Å². The van der Waals surface area contributed by atoms with E-state index in [1.54, 1.807) is 0 Å². The lowest BCUT2D eigenvalue weighted by molar-refractivity contribution is 0.379. The Labute approximate surface area is 134 Å². The fourth-order valence-corrected chi connectivity index (χ4v) is 4.22. The normalized spacial score (nSPS) is 18.5. The number of rotatable bonds is 5. The number of thioether (sulfide) groups is 1. The van der Waals surface area contributed by atoms with Gasteiger partial charge in [0, 0.05) is 22.3 Å². The summed E-state index contributed by atoms with van der Waals surface area (Å²) in [5, 5.41) is 4.40. The van der Waals surface area contributed by atoms with Crippen molar-refractivity contribution in [3.05, 3.63) is 33.3 Å². The van der Waals surface area contributed by atoms with Crippen LogP contribution >= 0.6 is 39.3 Å². The van der Waals surface area contributed by atoms with E-state index in [-0.39, 0.29) is 0 Å². The smallest absolute Gasteiger partial charge is 0.0548 e. The highest BCUT2D eigenvalue weighted by Gasteiger charge is 2.30. The second kappa shape index (κ2) is 7.35. The molecule has 0 unspecified atom stereocenters. The van der Waals surface area contributed by atoms with E-state index in [4.69, 9.17) is 11.6 Å². The third-order valence-corrected chi connectivity index (χ3v) is 6.59. The van der Waals surface area contributed by atoms with Gasteiger partial charge in [-0.1, -0.05) is 36.9 Å². The maximum Gasteiger partial charge on any atom is 0.0548 e. The summed E-state index contributed by atoms with van der Waals surface area (Å²) in [4.78, 5) is 0. The SMILES string of the molecule is CSC1(CNCc2ccc(Cl)c(Br)c2)CCCCC1. The molecule has 0 bridgehead atoms. The maximum atomic E-state index is 6.01. The zero-order valence-electron chi connectivity index (χ0n) is 11.3. The molecule has 0 aromatic heterocycles. The summed E-state index contributed by atoms with van der Waals surface area (Å²) >= 11 is 11.5. The highest BCUT2D eigenvalue weighted by Crippen LogP contribution is 2.38. The van der Waals surface area contributed by atoms with Crippen molar-refractivity contribution in [2.75, 3.05) is 12.8 Å². The van der Waals surface area contributed by atoms with Gasteiger partial charge in [-0.2, -0.15) is 11.8 Å². The Hall–Kier alpha value is 0.300. The zero-order chi connectivity index (χ0) is 13.7. The van der Waals surface area contributed by atoms with Crippen LogP contribution in [-0.2, 0) is 6.54 Å². The topological polar surface area (TPSA) is 12.0 Å². The van der Waals surface area contributed by atoms with E-state index in [0.717, 1.165) is 22.6 Å². The van der Waals surface area contributed by atoms with Crippen LogP contribution in [0.2, 0.25) is 5.02 Å². The molecule has 106 valence electrons. The minimum absolute atomic E-state index is 0.460. The maximum absolute atomic E-state index is 6.01. The first kappa shape index (κ1) is 15.7. The van der Waals surface area contributed by atoms with E-state index in [1.165, 1.54) is 37.7 Å². The van der Waals surface area contributed by atoms with Gasteiger partial charge in [-0.3, -0.25) is 0 Å². The predicted octanol–water partition coefficient (Wildman–Crippen LogP) is 5.26. The minimum Gasteiger partial charge on any atom is -0.311 e. The molecule has 19 heavy (non-hydrogen) atoms. The number of hydrogen-bond acceptors (Lipinski definition) is 2. The first-order valence-corrected chi connectivity index (χ1v) is 9.25. The van der Waals surface area contributed by atoms with Crippen LogP contribution in [0.15, 0.2) is 22.7 Å². The molecule has 1 aliphatic rings. The Morgan fingerprint density at radius 3 is 2.68 bits per heavy atom. The first-order chi connectivity index (χ1) is 9.15. The molecule has 1 aliphatic carbocycles. The van der Waals surface area contributed by atoms with Crippen LogP contribution in [0.1, 0.15) is 37.7 Å². The van der Waals surface area contributed by atoms with Gasteiger partial charge in [-0.05, 0) is 52.7 Å². The van der Waals surface area contributed by atoms with Crippen molar-refractivity contribution >= 4 is 39.3 Å². The lowest BCUT2D eigenvalue weighted by Gasteiger charge is -2.36. The number of hydrogen-bond donors (Lipinski definition) is 1. The molecule has 1 fully saturated rings. The van der Waals surface area contributed by atoms with Crippen LogP contribution in [0, 0.1) is 0 Å². The first-order valence-electron chi connectivity index (χ1n) is 6.85. The molecule has 0 atom stereocenters. The third-order valence-electron chi connectivity index (χ3n) is 3.96. The molecule has 0 aliphatic heterocycles. The van der Waals surface area contributed by atoms with Crippen LogP contribution < -0.4 is 5.32 Å². The minimum atomic E-state index is 0.460. The van der Waals surface area contributed by atoms with Crippen molar-refractivity contribution in [1.82, 2.24) is 5.32 Å². The van der Waals surface area contributed by atoms with Gasteiger partial charge in [0.1, 0.15) is 0 Å². The number of halogens is 2. The summed E-state index contributed by atoms with van der Waals surface area (Å²) in [5.41, 5.74) is 1.28. The molecule has 4 heteroatoms. The molecule has 0 heterocycles. The summed E-state index contributed by atoms with van der Waals surface area (Å²) < 4.78 is 1.44. The molecule has 1 N–H and O–H groups in total. The molecule has 1 nitrogen and oxygen atoms in total. The van der Waals surface area contributed by atoms with E-state index in [1.807, 2.05) is 17.8 Å². The Morgan fingerprint density at radius 2 is 2.05 bits per heavy atom. The molecule has 0 radical (unpaired) electrons. The largest absolute Gasteiger partial charge is 0.311 e. The summed E-state index contributed by atoms with van der Waals surface area (Å²) in [6.45, 7) is 2.02. The lowest BCUT2D eigenvalue weighted by Crippen LogP contribution is -2.39. The van der Waals surface area contributed by atoms with E-state index < -0.39 is 0 Å². The summed E-state index contributed by atoms with van der Waals surface area (Å²) in [7, 11) is 0. The van der Waals surface area contributed by atoms with Crippen molar-refractivity contribution in [3.63, 3.8) is 0 Å². The van der Waals surface area contributed by atoms with Crippen LogP contribution in [0.5, 0.6) is 0 Å². The molecular weight excluding hydrogens is 342 g/mol.